The largest absolute Gasteiger partial charge is 0.482 e. The molecular weight excluding hydrogens is 306 g/mol. The van der Waals surface area contributed by atoms with Crippen LogP contribution in [-0.4, -0.2) is 43.1 Å². The molecule has 22 heavy (non-hydrogen) atoms. The third kappa shape index (κ3) is 5.56. The molecule has 0 aliphatic carbocycles. The summed E-state index contributed by atoms with van der Waals surface area (Å²) >= 11 is 5.99. The van der Waals surface area contributed by atoms with E-state index < -0.39 is 0 Å². The lowest BCUT2D eigenvalue weighted by Gasteiger charge is -2.28. The molecule has 0 radical (unpaired) electrons. The number of carbonyl (C=O) groups excluding carboxylic acids is 2. The summed E-state index contributed by atoms with van der Waals surface area (Å²) < 4.78 is 10.1. The number of methoxy groups -OCH3 is 1. The molecular formula is C16H22ClNO4. The van der Waals surface area contributed by atoms with Crippen LogP contribution in [0.15, 0.2) is 24.3 Å². The number of esters is 1. The van der Waals surface area contributed by atoms with Gasteiger partial charge in [0.05, 0.1) is 18.6 Å². The van der Waals surface area contributed by atoms with Crippen LogP contribution < -0.4 is 4.74 Å². The Bertz CT molecular complexity index is 507. The molecule has 1 unspecified atom stereocenters. The average molecular weight is 328 g/mol. The van der Waals surface area contributed by atoms with Gasteiger partial charge in [0.15, 0.2) is 6.61 Å². The lowest BCUT2D eigenvalue weighted by Crippen LogP contribution is -2.42. The van der Waals surface area contributed by atoms with Gasteiger partial charge in [-0.1, -0.05) is 30.7 Å². The molecule has 1 aromatic rings. The van der Waals surface area contributed by atoms with Gasteiger partial charge in [-0.3, -0.25) is 9.59 Å². The van der Waals surface area contributed by atoms with E-state index in [9.17, 15) is 9.59 Å². The second-order valence-corrected chi connectivity index (χ2v) is 5.30. The Balaban J connectivity index is 2.63. The second kappa shape index (κ2) is 9.30. The molecule has 122 valence electrons. The van der Waals surface area contributed by atoms with Gasteiger partial charge < -0.3 is 14.4 Å². The Morgan fingerprint density at radius 1 is 1.32 bits per heavy atom. The first-order valence-electron chi connectivity index (χ1n) is 7.23. The van der Waals surface area contributed by atoms with Crippen molar-refractivity contribution in [2.75, 3.05) is 20.3 Å². The highest BCUT2D eigenvalue weighted by molar-refractivity contribution is 6.32. The number of hydrogen-bond donors (Lipinski definition) is 0. The van der Waals surface area contributed by atoms with Gasteiger partial charge in [0, 0.05) is 12.6 Å². The van der Waals surface area contributed by atoms with Gasteiger partial charge in [-0.05, 0) is 25.5 Å². The van der Waals surface area contributed by atoms with E-state index >= 15 is 0 Å². The van der Waals surface area contributed by atoms with E-state index in [4.69, 9.17) is 16.3 Å². The van der Waals surface area contributed by atoms with E-state index in [0.29, 0.717) is 17.3 Å². The van der Waals surface area contributed by atoms with Crippen LogP contribution in [0.3, 0.4) is 0 Å². The van der Waals surface area contributed by atoms with Crippen molar-refractivity contribution in [2.45, 2.75) is 32.7 Å². The highest BCUT2D eigenvalue weighted by atomic mass is 35.5. The maximum Gasteiger partial charge on any atom is 0.307 e. The fourth-order valence-electron chi connectivity index (χ4n) is 1.91. The highest BCUT2D eigenvalue weighted by Crippen LogP contribution is 2.23. The van der Waals surface area contributed by atoms with Gasteiger partial charge in [-0.15, -0.1) is 0 Å². The lowest BCUT2D eigenvalue weighted by atomic mass is 10.2. The molecule has 0 bridgehead atoms. The Morgan fingerprint density at radius 3 is 2.59 bits per heavy atom. The number of halogens is 1. The van der Waals surface area contributed by atoms with Crippen LogP contribution >= 0.6 is 11.6 Å². The van der Waals surface area contributed by atoms with E-state index in [-0.39, 0.29) is 30.9 Å². The zero-order chi connectivity index (χ0) is 16.5. The Hall–Kier alpha value is -1.75. The summed E-state index contributed by atoms with van der Waals surface area (Å²) in [6.45, 7) is 4.12. The topological polar surface area (TPSA) is 55.8 Å². The fraction of sp³-hybridized carbons (Fsp3) is 0.500. The predicted octanol–water partition coefficient (Wildman–Crippen LogP) is 2.91. The van der Waals surface area contributed by atoms with Crippen molar-refractivity contribution in [2.24, 2.45) is 0 Å². The van der Waals surface area contributed by atoms with Crippen LogP contribution in [0.5, 0.6) is 5.75 Å². The molecule has 1 amide bonds. The van der Waals surface area contributed by atoms with Crippen LogP contribution in [0.25, 0.3) is 0 Å². The third-order valence-corrected chi connectivity index (χ3v) is 3.73. The van der Waals surface area contributed by atoms with Gasteiger partial charge in [0.1, 0.15) is 5.75 Å². The summed E-state index contributed by atoms with van der Waals surface area (Å²) in [5, 5.41) is 0.458. The van der Waals surface area contributed by atoms with E-state index in [0.717, 1.165) is 6.42 Å². The smallest absolute Gasteiger partial charge is 0.307 e. The molecule has 0 spiro atoms. The molecule has 0 saturated carbocycles. The maximum atomic E-state index is 12.3. The molecule has 0 saturated heterocycles. The van der Waals surface area contributed by atoms with Crippen molar-refractivity contribution < 1.29 is 19.1 Å². The van der Waals surface area contributed by atoms with Gasteiger partial charge >= 0.3 is 5.97 Å². The average Bonchev–Trinajstić information content (AvgIpc) is 2.53. The molecule has 0 aromatic heterocycles. The molecule has 1 aromatic carbocycles. The molecule has 5 nitrogen and oxygen atoms in total. The molecule has 1 atom stereocenters. The number of para-hydroxylation sites is 1. The van der Waals surface area contributed by atoms with Crippen LogP contribution in [0.1, 0.15) is 26.7 Å². The molecule has 0 fully saturated rings. The lowest BCUT2D eigenvalue weighted by molar-refractivity contribution is -0.142. The zero-order valence-electron chi connectivity index (χ0n) is 13.2. The van der Waals surface area contributed by atoms with Crippen molar-refractivity contribution in [1.82, 2.24) is 4.90 Å². The molecule has 0 heterocycles. The standard InChI is InChI=1S/C16H22ClNO4/c1-4-12(2)18(10-9-16(20)21-3)15(19)11-22-14-8-6-5-7-13(14)17/h5-8,12H,4,9-11H2,1-3H3. The molecule has 0 aliphatic rings. The first-order valence-corrected chi connectivity index (χ1v) is 7.61. The Kier molecular flexibility index (Phi) is 7.74. The van der Waals surface area contributed by atoms with Crippen molar-refractivity contribution in [1.29, 1.82) is 0 Å². The summed E-state index contributed by atoms with van der Waals surface area (Å²) in [4.78, 5) is 25.2. The number of benzene rings is 1. The monoisotopic (exact) mass is 327 g/mol. The molecule has 6 heteroatoms. The summed E-state index contributed by atoms with van der Waals surface area (Å²) in [5.74, 6) is -0.0547. The van der Waals surface area contributed by atoms with Crippen LogP contribution in [0.4, 0.5) is 0 Å². The van der Waals surface area contributed by atoms with E-state index in [1.807, 2.05) is 13.8 Å². The van der Waals surface area contributed by atoms with Gasteiger partial charge in [-0.25, -0.2) is 0 Å². The van der Waals surface area contributed by atoms with Gasteiger partial charge in [0.25, 0.3) is 5.91 Å². The number of rotatable bonds is 8. The van der Waals surface area contributed by atoms with E-state index in [2.05, 4.69) is 4.74 Å². The first-order chi connectivity index (χ1) is 10.5. The summed E-state index contributed by atoms with van der Waals surface area (Å²) in [5.41, 5.74) is 0. The molecule has 0 N–H and O–H groups in total. The molecule has 0 aliphatic heterocycles. The van der Waals surface area contributed by atoms with Crippen molar-refractivity contribution in [3.05, 3.63) is 29.3 Å². The van der Waals surface area contributed by atoms with Crippen LogP contribution in [-0.2, 0) is 14.3 Å². The Morgan fingerprint density at radius 2 is 2.00 bits per heavy atom. The number of amides is 1. The SMILES string of the molecule is CCC(C)N(CCC(=O)OC)C(=O)COc1ccccc1Cl. The minimum atomic E-state index is -0.340. The van der Waals surface area contributed by atoms with Crippen LogP contribution in [0.2, 0.25) is 5.02 Å². The van der Waals surface area contributed by atoms with Gasteiger partial charge in [-0.2, -0.15) is 0 Å². The first kappa shape index (κ1) is 18.3. The summed E-state index contributed by atoms with van der Waals surface area (Å²) in [6.07, 6.45) is 0.956. The van der Waals surface area contributed by atoms with E-state index in [1.165, 1.54) is 7.11 Å². The molecule has 1 rings (SSSR count). The minimum absolute atomic E-state index is 0.0204. The summed E-state index contributed by atoms with van der Waals surface area (Å²) in [7, 11) is 1.33. The number of hydrogen-bond acceptors (Lipinski definition) is 4. The number of ether oxygens (including phenoxy) is 2. The number of carbonyl (C=O) groups is 2. The van der Waals surface area contributed by atoms with Crippen molar-refractivity contribution in [3.8, 4) is 5.75 Å². The van der Waals surface area contributed by atoms with Crippen LogP contribution in [0, 0.1) is 0 Å². The van der Waals surface area contributed by atoms with Crippen molar-refractivity contribution >= 4 is 23.5 Å². The quantitative estimate of drug-likeness (QED) is 0.689. The normalized spacial score (nSPS) is 11.6. The predicted molar refractivity (Wildman–Crippen MR) is 85.0 cm³/mol. The summed E-state index contributed by atoms with van der Waals surface area (Å²) in [6, 6.07) is 7.00. The third-order valence-electron chi connectivity index (χ3n) is 3.42. The van der Waals surface area contributed by atoms with E-state index in [1.54, 1.807) is 29.2 Å². The zero-order valence-corrected chi connectivity index (χ0v) is 13.9. The van der Waals surface area contributed by atoms with Crippen molar-refractivity contribution in [3.63, 3.8) is 0 Å². The number of nitrogens with zero attached hydrogens (tertiary/aromatic N) is 1. The Labute approximate surface area is 136 Å². The minimum Gasteiger partial charge on any atom is -0.482 e. The highest BCUT2D eigenvalue weighted by Gasteiger charge is 2.20. The second-order valence-electron chi connectivity index (χ2n) is 4.89. The maximum absolute atomic E-state index is 12.3. The van der Waals surface area contributed by atoms with Gasteiger partial charge in [0.2, 0.25) is 0 Å². The fourth-order valence-corrected chi connectivity index (χ4v) is 2.10.